The van der Waals surface area contributed by atoms with Crippen LogP contribution >= 0.6 is 0 Å². The van der Waals surface area contributed by atoms with Crippen LogP contribution < -0.4 is 5.32 Å². The predicted octanol–water partition coefficient (Wildman–Crippen LogP) is 0.526. The van der Waals surface area contributed by atoms with Crippen molar-refractivity contribution in [2.45, 2.75) is 26.8 Å². The van der Waals surface area contributed by atoms with Gasteiger partial charge in [0.25, 0.3) is 0 Å². The molecule has 0 spiro atoms. The molecule has 7 nitrogen and oxygen atoms in total. The Morgan fingerprint density at radius 3 is 2.20 bits per heavy atom. The molecule has 1 atom stereocenters. The van der Waals surface area contributed by atoms with Gasteiger partial charge >= 0.3 is 12.0 Å². The van der Waals surface area contributed by atoms with Crippen LogP contribution in [-0.2, 0) is 9.59 Å². The summed E-state index contributed by atoms with van der Waals surface area (Å²) in [6.45, 7) is 9.52. The molecule has 7 heteroatoms. The number of nitrogens with one attached hydrogen (secondary N) is 1. The van der Waals surface area contributed by atoms with Crippen LogP contribution in [0.4, 0.5) is 4.79 Å². The van der Waals surface area contributed by atoms with Crippen molar-refractivity contribution in [1.82, 2.24) is 15.1 Å². The Morgan fingerprint density at radius 1 is 1.25 bits per heavy atom. The Bertz CT molecular complexity index is 367. The summed E-state index contributed by atoms with van der Waals surface area (Å²) in [4.78, 5) is 37.3. The molecular formula is C13H23N3O4. The normalized spacial score (nSPS) is 11.3. The van der Waals surface area contributed by atoms with Crippen molar-refractivity contribution in [1.29, 1.82) is 0 Å². The SMILES string of the molecule is C=CCN(CC(=O)O)C(=O)NC(C)C(=O)N(CC)CC. The Labute approximate surface area is 119 Å². The molecule has 20 heavy (non-hydrogen) atoms. The van der Waals surface area contributed by atoms with Crippen LogP contribution in [0.15, 0.2) is 12.7 Å². The molecule has 0 radical (unpaired) electrons. The Morgan fingerprint density at radius 2 is 1.80 bits per heavy atom. The second kappa shape index (κ2) is 8.95. The average molecular weight is 285 g/mol. The number of likely N-dealkylation sites (N-methyl/N-ethyl adjacent to an activating group) is 1. The monoisotopic (exact) mass is 285 g/mol. The standard InChI is InChI=1S/C13H23N3O4/c1-5-8-16(9-11(17)18)13(20)14-10(4)12(19)15(6-2)7-3/h5,10H,1,6-9H2,2-4H3,(H,14,20)(H,17,18). The molecule has 0 aliphatic heterocycles. The molecule has 1 unspecified atom stereocenters. The maximum atomic E-state index is 12.0. The fraction of sp³-hybridized carbons (Fsp3) is 0.615. The minimum absolute atomic E-state index is 0.102. The highest BCUT2D eigenvalue weighted by molar-refractivity contribution is 5.87. The van der Waals surface area contributed by atoms with E-state index in [2.05, 4.69) is 11.9 Å². The van der Waals surface area contributed by atoms with Gasteiger partial charge in [-0.25, -0.2) is 4.79 Å². The first kappa shape index (κ1) is 17.9. The van der Waals surface area contributed by atoms with Crippen molar-refractivity contribution < 1.29 is 19.5 Å². The third-order valence-corrected chi connectivity index (χ3v) is 2.75. The number of hydrogen-bond donors (Lipinski definition) is 2. The van der Waals surface area contributed by atoms with E-state index in [9.17, 15) is 14.4 Å². The van der Waals surface area contributed by atoms with E-state index in [1.165, 1.54) is 6.08 Å². The lowest BCUT2D eigenvalue weighted by Gasteiger charge is -2.26. The molecule has 0 heterocycles. The molecule has 0 aliphatic rings. The van der Waals surface area contributed by atoms with Gasteiger partial charge in [0.05, 0.1) is 0 Å². The Kier molecular flexibility index (Phi) is 8.03. The summed E-state index contributed by atoms with van der Waals surface area (Å²) >= 11 is 0. The van der Waals surface area contributed by atoms with Crippen LogP contribution in [-0.4, -0.2) is 65.0 Å². The van der Waals surface area contributed by atoms with Gasteiger partial charge in [-0.1, -0.05) is 6.08 Å². The fourth-order valence-electron chi connectivity index (χ4n) is 1.69. The van der Waals surface area contributed by atoms with E-state index in [1.54, 1.807) is 11.8 Å². The molecule has 0 aliphatic carbocycles. The molecule has 0 bridgehead atoms. The predicted molar refractivity (Wildman–Crippen MR) is 75.3 cm³/mol. The maximum Gasteiger partial charge on any atom is 0.323 e. The van der Waals surface area contributed by atoms with Gasteiger partial charge in [-0.15, -0.1) is 6.58 Å². The zero-order valence-electron chi connectivity index (χ0n) is 12.3. The summed E-state index contributed by atoms with van der Waals surface area (Å²) in [6.07, 6.45) is 1.43. The first-order valence-electron chi connectivity index (χ1n) is 6.54. The summed E-state index contributed by atoms with van der Waals surface area (Å²) < 4.78 is 0. The van der Waals surface area contributed by atoms with Crippen molar-refractivity contribution in [3.05, 3.63) is 12.7 Å². The Balaban J connectivity index is 4.65. The highest BCUT2D eigenvalue weighted by atomic mass is 16.4. The van der Waals surface area contributed by atoms with Crippen LogP contribution in [0.25, 0.3) is 0 Å². The number of hydrogen-bond acceptors (Lipinski definition) is 3. The van der Waals surface area contributed by atoms with Gasteiger partial charge < -0.3 is 20.2 Å². The van der Waals surface area contributed by atoms with E-state index in [0.717, 1.165) is 4.90 Å². The summed E-state index contributed by atoms with van der Waals surface area (Å²) in [5.41, 5.74) is 0. The first-order chi connectivity index (χ1) is 9.37. The highest BCUT2D eigenvalue weighted by Crippen LogP contribution is 1.97. The van der Waals surface area contributed by atoms with Crippen molar-refractivity contribution in [3.63, 3.8) is 0 Å². The summed E-state index contributed by atoms with van der Waals surface area (Å²) in [5, 5.41) is 11.2. The second-order valence-corrected chi connectivity index (χ2v) is 4.24. The molecule has 0 fully saturated rings. The van der Waals surface area contributed by atoms with Gasteiger partial charge in [0.15, 0.2) is 0 Å². The molecule has 0 saturated heterocycles. The average Bonchev–Trinajstić information content (AvgIpc) is 2.38. The second-order valence-electron chi connectivity index (χ2n) is 4.24. The van der Waals surface area contributed by atoms with E-state index in [1.807, 2.05) is 13.8 Å². The number of aliphatic carboxylic acids is 1. The third-order valence-electron chi connectivity index (χ3n) is 2.75. The van der Waals surface area contributed by atoms with Gasteiger partial charge in [-0.2, -0.15) is 0 Å². The van der Waals surface area contributed by atoms with Crippen LogP contribution in [0.5, 0.6) is 0 Å². The number of rotatable bonds is 8. The van der Waals surface area contributed by atoms with Crippen LogP contribution in [0.3, 0.4) is 0 Å². The Hall–Kier alpha value is -2.05. The molecule has 3 amide bonds. The molecule has 2 N–H and O–H groups in total. The number of carbonyl (C=O) groups is 3. The third kappa shape index (κ3) is 5.73. The lowest BCUT2D eigenvalue weighted by molar-refractivity contribution is -0.137. The molecule has 114 valence electrons. The van der Waals surface area contributed by atoms with E-state index in [4.69, 9.17) is 5.11 Å². The number of carboxylic acids is 1. The van der Waals surface area contributed by atoms with Crippen LogP contribution in [0, 0.1) is 0 Å². The number of carboxylic acid groups (broad SMARTS) is 1. The molecule has 0 aromatic heterocycles. The summed E-state index contributed by atoms with van der Waals surface area (Å²) in [5.74, 6) is -1.32. The van der Waals surface area contributed by atoms with Gasteiger partial charge in [-0.3, -0.25) is 9.59 Å². The summed E-state index contributed by atoms with van der Waals surface area (Å²) in [7, 11) is 0. The van der Waals surface area contributed by atoms with Crippen molar-refractivity contribution in [3.8, 4) is 0 Å². The zero-order valence-corrected chi connectivity index (χ0v) is 12.3. The number of carbonyl (C=O) groups excluding carboxylic acids is 2. The number of urea groups is 1. The first-order valence-corrected chi connectivity index (χ1v) is 6.54. The van der Waals surface area contributed by atoms with Gasteiger partial charge in [0.2, 0.25) is 5.91 Å². The van der Waals surface area contributed by atoms with Crippen molar-refractivity contribution in [2.75, 3.05) is 26.2 Å². The van der Waals surface area contributed by atoms with Crippen LogP contribution in [0.1, 0.15) is 20.8 Å². The quantitative estimate of drug-likeness (QED) is 0.636. The number of amides is 3. The lowest BCUT2D eigenvalue weighted by Crippen LogP contribution is -2.51. The van der Waals surface area contributed by atoms with Gasteiger partial charge in [-0.05, 0) is 20.8 Å². The van der Waals surface area contributed by atoms with Crippen molar-refractivity contribution >= 4 is 17.9 Å². The minimum Gasteiger partial charge on any atom is -0.480 e. The van der Waals surface area contributed by atoms with E-state index < -0.39 is 24.6 Å². The molecule has 0 rings (SSSR count). The van der Waals surface area contributed by atoms with Gasteiger partial charge in [0, 0.05) is 19.6 Å². The zero-order chi connectivity index (χ0) is 15.7. The minimum atomic E-state index is -1.12. The van der Waals surface area contributed by atoms with E-state index >= 15 is 0 Å². The van der Waals surface area contributed by atoms with E-state index in [0.29, 0.717) is 13.1 Å². The van der Waals surface area contributed by atoms with Crippen LogP contribution in [0.2, 0.25) is 0 Å². The van der Waals surface area contributed by atoms with E-state index in [-0.39, 0.29) is 12.5 Å². The van der Waals surface area contributed by atoms with Gasteiger partial charge in [0.1, 0.15) is 12.6 Å². The molecule has 0 aromatic carbocycles. The molecule has 0 saturated carbocycles. The smallest absolute Gasteiger partial charge is 0.323 e. The maximum absolute atomic E-state index is 12.0. The summed E-state index contributed by atoms with van der Waals surface area (Å²) in [6, 6.07) is -1.30. The highest BCUT2D eigenvalue weighted by Gasteiger charge is 2.23. The van der Waals surface area contributed by atoms with Crippen molar-refractivity contribution in [2.24, 2.45) is 0 Å². The lowest BCUT2D eigenvalue weighted by atomic mass is 10.3. The topological polar surface area (TPSA) is 90.0 Å². The number of nitrogens with zero attached hydrogens (tertiary/aromatic N) is 2. The molecule has 0 aromatic rings. The largest absolute Gasteiger partial charge is 0.480 e. The fourth-order valence-corrected chi connectivity index (χ4v) is 1.69. The molecular weight excluding hydrogens is 262 g/mol.